The number of anilines is 1. The van der Waals surface area contributed by atoms with E-state index in [-0.39, 0.29) is 0 Å². The lowest BCUT2D eigenvalue weighted by Gasteiger charge is -2.20. The number of nitrogens with zero attached hydrogens (tertiary/aromatic N) is 3. The van der Waals surface area contributed by atoms with Crippen molar-refractivity contribution >= 4 is 21.6 Å². The van der Waals surface area contributed by atoms with E-state index < -0.39 is 0 Å². The third kappa shape index (κ3) is 2.88. The fourth-order valence-electron chi connectivity index (χ4n) is 1.73. The highest BCUT2D eigenvalue weighted by Gasteiger charge is 2.08. The third-order valence-corrected chi connectivity index (χ3v) is 3.11. The molecule has 0 aliphatic carbocycles. The maximum Gasteiger partial charge on any atom is 0.101 e. The van der Waals surface area contributed by atoms with Crippen molar-refractivity contribution in [2.24, 2.45) is 0 Å². The molecule has 0 aliphatic rings. The largest absolute Gasteiger partial charge is 0.368 e. The molecule has 0 spiro atoms. The normalized spacial score (nSPS) is 9.83. The Kier molecular flexibility index (Phi) is 3.96. The molecule has 1 aromatic carbocycles. The molecule has 0 saturated carbocycles. The van der Waals surface area contributed by atoms with Gasteiger partial charge in [-0.2, -0.15) is 5.26 Å². The van der Waals surface area contributed by atoms with Crippen LogP contribution in [0.1, 0.15) is 11.3 Å². The molecule has 1 aromatic heterocycles. The zero-order valence-corrected chi connectivity index (χ0v) is 11.6. The van der Waals surface area contributed by atoms with Crippen molar-refractivity contribution in [2.75, 3.05) is 11.9 Å². The van der Waals surface area contributed by atoms with Crippen molar-refractivity contribution in [1.82, 2.24) is 4.98 Å². The summed E-state index contributed by atoms with van der Waals surface area (Å²) in [4.78, 5) is 6.31. The molecule has 18 heavy (non-hydrogen) atoms. The smallest absolute Gasteiger partial charge is 0.101 e. The van der Waals surface area contributed by atoms with Crippen LogP contribution in [0.4, 0.5) is 5.69 Å². The zero-order valence-electron chi connectivity index (χ0n) is 9.97. The molecule has 0 amide bonds. The number of rotatable bonds is 3. The molecule has 0 aliphatic heterocycles. The Bertz CT molecular complexity index is 575. The number of nitriles is 1. The van der Waals surface area contributed by atoms with Crippen LogP contribution in [0.3, 0.4) is 0 Å². The molecule has 0 fully saturated rings. The summed E-state index contributed by atoms with van der Waals surface area (Å²) in [5.74, 6) is 0. The number of halogens is 1. The molecule has 1 heterocycles. The van der Waals surface area contributed by atoms with Gasteiger partial charge in [0, 0.05) is 17.7 Å². The molecule has 2 rings (SSSR count). The van der Waals surface area contributed by atoms with Crippen molar-refractivity contribution < 1.29 is 0 Å². The van der Waals surface area contributed by atoms with E-state index >= 15 is 0 Å². The molecule has 4 heteroatoms. The first-order chi connectivity index (χ1) is 8.70. The van der Waals surface area contributed by atoms with Gasteiger partial charge in [-0.25, -0.2) is 0 Å². The minimum Gasteiger partial charge on any atom is -0.368 e. The van der Waals surface area contributed by atoms with Crippen LogP contribution in [0.25, 0.3) is 0 Å². The fraction of sp³-hybridized carbons (Fsp3) is 0.143. The average molecular weight is 302 g/mol. The Morgan fingerprint density at radius 2 is 2.17 bits per heavy atom. The van der Waals surface area contributed by atoms with Crippen molar-refractivity contribution in [3.63, 3.8) is 0 Å². The number of aromatic nitrogens is 1. The van der Waals surface area contributed by atoms with Gasteiger partial charge in [-0.1, -0.05) is 22.0 Å². The first-order valence-electron chi connectivity index (χ1n) is 5.51. The monoisotopic (exact) mass is 301 g/mol. The average Bonchev–Trinajstić information content (AvgIpc) is 2.40. The van der Waals surface area contributed by atoms with E-state index in [9.17, 15) is 0 Å². The van der Waals surface area contributed by atoms with E-state index in [0.29, 0.717) is 12.1 Å². The van der Waals surface area contributed by atoms with Gasteiger partial charge in [-0.05, 0) is 30.3 Å². The molecular weight excluding hydrogens is 290 g/mol. The minimum absolute atomic E-state index is 0.664. The van der Waals surface area contributed by atoms with Gasteiger partial charge >= 0.3 is 0 Å². The summed E-state index contributed by atoms with van der Waals surface area (Å²) >= 11 is 3.43. The van der Waals surface area contributed by atoms with Gasteiger partial charge in [-0.15, -0.1) is 0 Å². The second-order valence-corrected chi connectivity index (χ2v) is 4.87. The van der Waals surface area contributed by atoms with Gasteiger partial charge in [-0.3, -0.25) is 4.98 Å². The molecule has 0 radical (unpaired) electrons. The van der Waals surface area contributed by atoms with Crippen LogP contribution >= 0.6 is 15.9 Å². The van der Waals surface area contributed by atoms with Gasteiger partial charge in [0.1, 0.15) is 6.07 Å². The highest BCUT2D eigenvalue weighted by molar-refractivity contribution is 9.10. The zero-order chi connectivity index (χ0) is 13.0. The number of benzene rings is 1. The molecule has 3 nitrogen and oxygen atoms in total. The van der Waals surface area contributed by atoms with E-state index in [0.717, 1.165) is 15.9 Å². The van der Waals surface area contributed by atoms with E-state index in [4.69, 9.17) is 5.26 Å². The molecule has 0 N–H and O–H groups in total. The maximum absolute atomic E-state index is 9.12. The highest BCUT2D eigenvalue weighted by atomic mass is 79.9. The summed E-state index contributed by atoms with van der Waals surface area (Å²) in [7, 11) is 1.96. The second-order valence-electron chi connectivity index (χ2n) is 3.95. The summed E-state index contributed by atoms with van der Waals surface area (Å²) in [5, 5.41) is 9.12. The summed E-state index contributed by atoms with van der Waals surface area (Å²) in [6.45, 7) is 0.673. The van der Waals surface area contributed by atoms with Crippen LogP contribution in [-0.4, -0.2) is 12.0 Å². The summed E-state index contributed by atoms with van der Waals surface area (Å²) in [6, 6.07) is 13.7. The van der Waals surface area contributed by atoms with Crippen molar-refractivity contribution in [3.8, 4) is 6.07 Å². The van der Waals surface area contributed by atoms with Crippen LogP contribution in [0, 0.1) is 11.3 Å². The summed E-state index contributed by atoms with van der Waals surface area (Å²) in [6.07, 6.45) is 1.77. The first kappa shape index (κ1) is 12.6. The second kappa shape index (κ2) is 5.65. The fourth-order valence-corrected chi connectivity index (χ4v) is 2.08. The van der Waals surface area contributed by atoms with Crippen molar-refractivity contribution in [3.05, 3.63) is 58.3 Å². The lowest BCUT2D eigenvalue weighted by molar-refractivity contribution is 0.883. The summed E-state index contributed by atoms with van der Waals surface area (Å²) in [5.41, 5.74) is 2.54. The molecule has 0 saturated heterocycles. The third-order valence-electron chi connectivity index (χ3n) is 2.62. The Hall–Kier alpha value is -1.86. The topological polar surface area (TPSA) is 39.9 Å². The molecule has 90 valence electrons. The van der Waals surface area contributed by atoms with E-state index in [2.05, 4.69) is 27.0 Å². The number of hydrogen-bond donors (Lipinski definition) is 0. The quantitative estimate of drug-likeness (QED) is 0.873. The van der Waals surface area contributed by atoms with Crippen LogP contribution in [-0.2, 0) is 6.54 Å². The molecule has 0 bridgehead atoms. The lowest BCUT2D eigenvalue weighted by atomic mass is 10.1. The van der Waals surface area contributed by atoms with Gasteiger partial charge in [0.05, 0.1) is 23.5 Å². The molecule has 0 atom stereocenters. The Morgan fingerprint density at radius 1 is 1.33 bits per heavy atom. The van der Waals surface area contributed by atoms with Crippen molar-refractivity contribution in [1.29, 1.82) is 5.26 Å². The molecule has 2 aromatic rings. The van der Waals surface area contributed by atoms with Gasteiger partial charge in [0.25, 0.3) is 0 Å². The number of hydrogen-bond acceptors (Lipinski definition) is 3. The summed E-state index contributed by atoms with van der Waals surface area (Å²) < 4.78 is 0.962. The number of pyridine rings is 1. The SMILES string of the molecule is CN(Cc1ccccn1)c1cc(Br)ccc1C#N. The predicted molar refractivity (Wildman–Crippen MR) is 75.2 cm³/mol. The van der Waals surface area contributed by atoms with Gasteiger partial charge in [0.2, 0.25) is 0 Å². The van der Waals surface area contributed by atoms with Gasteiger partial charge < -0.3 is 4.90 Å². The van der Waals surface area contributed by atoms with Crippen LogP contribution in [0.2, 0.25) is 0 Å². The lowest BCUT2D eigenvalue weighted by Crippen LogP contribution is -2.18. The van der Waals surface area contributed by atoms with Crippen LogP contribution in [0.15, 0.2) is 47.1 Å². The predicted octanol–water partition coefficient (Wildman–Crippen LogP) is 3.35. The van der Waals surface area contributed by atoms with Crippen LogP contribution < -0.4 is 4.90 Å². The van der Waals surface area contributed by atoms with Crippen LogP contribution in [0.5, 0.6) is 0 Å². The molecular formula is C14H12BrN3. The standard InChI is InChI=1S/C14H12BrN3/c1-18(10-13-4-2-3-7-17-13)14-8-12(15)6-5-11(14)9-16/h2-8H,10H2,1H3. The van der Waals surface area contributed by atoms with E-state index in [1.54, 1.807) is 6.20 Å². The minimum atomic E-state index is 0.664. The Morgan fingerprint density at radius 3 is 2.83 bits per heavy atom. The van der Waals surface area contributed by atoms with E-state index in [1.165, 1.54) is 0 Å². The first-order valence-corrected chi connectivity index (χ1v) is 6.30. The Balaban J connectivity index is 2.26. The van der Waals surface area contributed by atoms with E-state index in [1.807, 2.05) is 48.3 Å². The Labute approximate surface area is 115 Å². The molecule has 0 unspecified atom stereocenters. The van der Waals surface area contributed by atoms with Crippen molar-refractivity contribution in [2.45, 2.75) is 6.54 Å². The highest BCUT2D eigenvalue weighted by Crippen LogP contribution is 2.24. The maximum atomic E-state index is 9.12. The van der Waals surface area contributed by atoms with Gasteiger partial charge in [0.15, 0.2) is 0 Å².